The Kier molecular flexibility index (Phi) is 8.52. The molecule has 9 nitrogen and oxygen atoms in total. The average Bonchev–Trinajstić information content (AvgIpc) is 3.29. The van der Waals surface area contributed by atoms with Crippen LogP contribution in [0.1, 0.15) is 54.0 Å². The van der Waals surface area contributed by atoms with Crippen LogP contribution in [-0.4, -0.2) is 52.6 Å². The van der Waals surface area contributed by atoms with E-state index in [-0.39, 0.29) is 33.9 Å². The number of aromatic nitrogens is 3. The van der Waals surface area contributed by atoms with Crippen molar-refractivity contribution >= 4 is 35.3 Å². The molecule has 36 heavy (non-hydrogen) atoms. The SMILES string of the molecule is CCn1c(SCC(=O)Nc2cc(C(=O)OC)ccc2C(=O)OC)nnc1-c1ccc(C(C)(C)C)cc1. The van der Waals surface area contributed by atoms with E-state index in [4.69, 9.17) is 9.47 Å². The zero-order chi connectivity index (χ0) is 26.5. The van der Waals surface area contributed by atoms with Crippen molar-refractivity contribution in [3.63, 3.8) is 0 Å². The summed E-state index contributed by atoms with van der Waals surface area (Å²) in [4.78, 5) is 36.8. The van der Waals surface area contributed by atoms with Crippen LogP contribution in [0, 0.1) is 0 Å². The maximum Gasteiger partial charge on any atom is 0.339 e. The summed E-state index contributed by atoms with van der Waals surface area (Å²) in [6, 6.07) is 12.5. The van der Waals surface area contributed by atoms with Gasteiger partial charge in [-0.15, -0.1) is 10.2 Å². The van der Waals surface area contributed by atoms with Crippen molar-refractivity contribution in [3.8, 4) is 11.4 Å². The van der Waals surface area contributed by atoms with Crippen LogP contribution in [0.3, 0.4) is 0 Å². The van der Waals surface area contributed by atoms with E-state index in [0.29, 0.717) is 11.7 Å². The van der Waals surface area contributed by atoms with Gasteiger partial charge >= 0.3 is 11.9 Å². The number of carbonyl (C=O) groups excluding carboxylic acids is 3. The molecule has 1 amide bonds. The van der Waals surface area contributed by atoms with E-state index in [2.05, 4.69) is 48.4 Å². The number of amides is 1. The maximum absolute atomic E-state index is 12.7. The topological polar surface area (TPSA) is 112 Å². The predicted octanol–water partition coefficient (Wildman–Crippen LogP) is 4.57. The average molecular weight is 511 g/mol. The Morgan fingerprint density at radius 2 is 1.64 bits per heavy atom. The molecule has 2 aromatic carbocycles. The quantitative estimate of drug-likeness (QED) is 0.347. The maximum atomic E-state index is 12.7. The van der Waals surface area contributed by atoms with Crippen molar-refractivity contribution in [1.82, 2.24) is 14.8 Å². The highest BCUT2D eigenvalue weighted by Gasteiger charge is 2.20. The summed E-state index contributed by atoms with van der Waals surface area (Å²) in [5, 5.41) is 11.9. The smallest absolute Gasteiger partial charge is 0.339 e. The van der Waals surface area contributed by atoms with Crippen LogP contribution >= 0.6 is 11.8 Å². The minimum Gasteiger partial charge on any atom is -0.465 e. The Morgan fingerprint density at radius 3 is 2.22 bits per heavy atom. The molecule has 0 radical (unpaired) electrons. The summed E-state index contributed by atoms with van der Waals surface area (Å²) < 4.78 is 11.5. The van der Waals surface area contributed by atoms with Crippen LogP contribution in [0.15, 0.2) is 47.6 Å². The second kappa shape index (κ2) is 11.4. The summed E-state index contributed by atoms with van der Waals surface area (Å²) in [6.45, 7) is 9.10. The Balaban J connectivity index is 1.76. The molecule has 190 valence electrons. The molecule has 0 aliphatic rings. The van der Waals surface area contributed by atoms with E-state index < -0.39 is 11.9 Å². The van der Waals surface area contributed by atoms with Crippen molar-refractivity contribution in [3.05, 3.63) is 59.2 Å². The van der Waals surface area contributed by atoms with Crippen molar-refractivity contribution in [1.29, 1.82) is 0 Å². The number of carbonyl (C=O) groups is 3. The van der Waals surface area contributed by atoms with Crippen LogP contribution in [0.2, 0.25) is 0 Å². The lowest BCUT2D eigenvalue weighted by molar-refractivity contribution is -0.113. The van der Waals surface area contributed by atoms with E-state index in [9.17, 15) is 14.4 Å². The van der Waals surface area contributed by atoms with Gasteiger partial charge in [-0.25, -0.2) is 9.59 Å². The number of thioether (sulfide) groups is 1. The summed E-state index contributed by atoms with van der Waals surface area (Å²) in [5.74, 6) is -0.865. The first-order chi connectivity index (χ1) is 17.1. The highest BCUT2D eigenvalue weighted by Crippen LogP contribution is 2.28. The van der Waals surface area contributed by atoms with E-state index in [1.807, 2.05) is 23.6 Å². The lowest BCUT2D eigenvalue weighted by atomic mass is 9.87. The van der Waals surface area contributed by atoms with Crippen LogP contribution in [0.25, 0.3) is 11.4 Å². The first-order valence-electron chi connectivity index (χ1n) is 11.4. The third-order valence-electron chi connectivity index (χ3n) is 5.49. The molecule has 0 fully saturated rings. The van der Waals surface area contributed by atoms with E-state index in [0.717, 1.165) is 11.4 Å². The lowest BCUT2D eigenvalue weighted by Gasteiger charge is -2.19. The van der Waals surface area contributed by atoms with Gasteiger partial charge in [0, 0.05) is 12.1 Å². The highest BCUT2D eigenvalue weighted by molar-refractivity contribution is 7.99. The Labute approximate surface area is 214 Å². The molecular weight excluding hydrogens is 480 g/mol. The number of rotatable bonds is 8. The molecule has 3 rings (SSSR count). The number of hydrogen-bond acceptors (Lipinski definition) is 8. The number of nitrogens with one attached hydrogen (secondary N) is 1. The number of benzene rings is 2. The second-order valence-electron chi connectivity index (χ2n) is 8.96. The fourth-order valence-electron chi connectivity index (χ4n) is 3.51. The van der Waals surface area contributed by atoms with Gasteiger partial charge in [-0.1, -0.05) is 56.8 Å². The molecule has 0 aliphatic carbocycles. The molecule has 0 saturated heterocycles. The van der Waals surface area contributed by atoms with Gasteiger partial charge in [0.15, 0.2) is 11.0 Å². The highest BCUT2D eigenvalue weighted by atomic mass is 32.2. The zero-order valence-corrected chi connectivity index (χ0v) is 22.1. The van der Waals surface area contributed by atoms with Gasteiger partial charge in [-0.05, 0) is 36.1 Å². The number of methoxy groups -OCH3 is 2. The standard InChI is InChI=1S/C26H30N4O5S/c1-7-30-22(16-8-11-18(12-9-16)26(2,3)4)28-29-25(30)36-15-21(31)27-20-14-17(23(32)34-5)10-13-19(20)24(33)35-6/h8-14H,7,15H2,1-6H3,(H,27,31). The molecule has 10 heteroatoms. The Morgan fingerprint density at radius 1 is 0.972 bits per heavy atom. The minimum atomic E-state index is -0.637. The molecule has 0 spiro atoms. The van der Waals surface area contributed by atoms with Crippen LogP contribution in [-0.2, 0) is 26.2 Å². The van der Waals surface area contributed by atoms with Gasteiger partial charge < -0.3 is 19.4 Å². The van der Waals surface area contributed by atoms with Crippen molar-refractivity contribution in [2.75, 3.05) is 25.3 Å². The van der Waals surface area contributed by atoms with Gasteiger partial charge in [-0.2, -0.15) is 0 Å². The van der Waals surface area contributed by atoms with Crippen LogP contribution in [0.5, 0.6) is 0 Å². The van der Waals surface area contributed by atoms with Gasteiger partial charge in [-0.3, -0.25) is 4.79 Å². The third kappa shape index (κ3) is 6.12. The van der Waals surface area contributed by atoms with E-state index >= 15 is 0 Å². The monoisotopic (exact) mass is 510 g/mol. The van der Waals surface area contributed by atoms with Crippen molar-refractivity contribution in [2.45, 2.75) is 44.8 Å². The van der Waals surface area contributed by atoms with E-state index in [1.54, 1.807) is 0 Å². The first kappa shape index (κ1) is 26.9. The van der Waals surface area contributed by atoms with Crippen LogP contribution in [0.4, 0.5) is 5.69 Å². The summed E-state index contributed by atoms with van der Waals surface area (Å²) in [5.41, 5.74) is 2.70. The van der Waals surface area contributed by atoms with Gasteiger partial charge in [0.25, 0.3) is 0 Å². The predicted molar refractivity (Wildman–Crippen MR) is 138 cm³/mol. The fraction of sp³-hybridized carbons (Fsp3) is 0.346. The molecular formula is C26H30N4O5S. The Hall–Kier alpha value is -3.66. The van der Waals surface area contributed by atoms with E-state index in [1.165, 1.54) is 49.7 Å². The fourth-order valence-corrected chi connectivity index (χ4v) is 4.31. The molecule has 3 aromatic rings. The first-order valence-corrected chi connectivity index (χ1v) is 12.3. The summed E-state index contributed by atoms with van der Waals surface area (Å²) in [7, 11) is 2.49. The molecule has 1 heterocycles. The van der Waals surface area contributed by atoms with Crippen molar-refractivity contribution < 1.29 is 23.9 Å². The van der Waals surface area contributed by atoms with Crippen LogP contribution < -0.4 is 5.32 Å². The number of ether oxygens (including phenoxy) is 2. The van der Waals surface area contributed by atoms with Gasteiger partial charge in [0.1, 0.15) is 0 Å². The zero-order valence-electron chi connectivity index (χ0n) is 21.2. The number of hydrogen-bond donors (Lipinski definition) is 1. The molecule has 0 saturated carbocycles. The number of nitrogens with zero attached hydrogens (tertiary/aromatic N) is 3. The third-order valence-corrected chi connectivity index (χ3v) is 6.46. The molecule has 0 bridgehead atoms. The summed E-state index contributed by atoms with van der Waals surface area (Å²) in [6.07, 6.45) is 0. The summed E-state index contributed by atoms with van der Waals surface area (Å²) >= 11 is 1.23. The Bertz CT molecular complexity index is 1260. The number of esters is 2. The van der Waals surface area contributed by atoms with Gasteiger partial charge in [0.05, 0.1) is 36.8 Å². The largest absolute Gasteiger partial charge is 0.465 e. The molecule has 0 aliphatic heterocycles. The van der Waals surface area contributed by atoms with Crippen molar-refractivity contribution in [2.24, 2.45) is 0 Å². The minimum absolute atomic E-state index is 0.0180. The second-order valence-corrected chi connectivity index (χ2v) is 9.90. The van der Waals surface area contributed by atoms with Gasteiger partial charge in [0.2, 0.25) is 5.91 Å². The normalized spacial score (nSPS) is 11.2. The molecule has 0 atom stereocenters. The molecule has 0 unspecified atom stereocenters. The number of anilines is 1. The molecule has 1 aromatic heterocycles. The lowest BCUT2D eigenvalue weighted by Crippen LogP contribution is -2.18. The molecule has 1 N–H and O–H groups in total.